The number of hydrogen-bond donors (Lipinski definition) is 1. The van der Waals surface area contributed by atoms with Crippen LogP contribution in [0, 0.1) is 6.92 Å². The summed E-state index contributed by atoms with van der Waals surface area (Å²) >= 11 is 3.57. The molecule has 112 valence electrons. The Hall–Kier alpha value is -1.16. The lowest BCUT2D eigenvalue weighted by molar-refractivity contribution is 0.147. The highest BCUT2D eigenvalue weighted by Crippen LogP contribution is 2.20. The van der Waals surface area contributed by atoms with Crippen molar-refractivity contribution in [1.82, 2.24) is 4.90 Å². The number of halogens is 1. The van der Waals surface area contributed by atoms with Crippen LogP contribution in [0.5, 0.6) is 0 Å². The lowest BCUT2D eigenvalue weighted by Crippen LogP contribution is -2.21. The van der Waals surface area contributed by atoms with E-state index in [1.807, 2.05) is 30.3 Å². The summed E-state index contributed by atoms with van der Waals surface area (Å²) in [5, 5.41) is 10.2. The number of nitrogens with zero attached hydrogens (tertiary/aromatic N) is 1. The van der Waals surface area contributed by atoms with Crippen molar-refractivity contribution in [3.8, 4) is 0 Å². The first-order valence-corrected chi connectivity index (χ1v) is 8.02. The van der Waals surface area contributed by atoms with Crippen LogP contribution in [-0.4, -0.2) is 23.6 Å². The maximum Gasteiger partial charge on any atom is 0.0802 e. The summed E-state index contributed by atoms with van der Waals surface area (Å²) < 4.78 is 1.14. The second-order valence-electron chi connectivity index (χ2n) is 5.54. The molecular weight excluding hydrogens is 326 g/mol. The van der Waals surface area contributed by atoms with Crippen molar-refractivity contribution >= 4 is 15.9 Å². The van der Waals surface area contributed by atoms with E-state index >= 15 is 0 Å². The molecular formula is C18H22BrNO. The maximum absolute atomic E-state index is 10.2. The van der Waals surface area contributed by atoms with Gasteiger partial charge in [0.1, 0.15) is 0 Å². The van der Waals surface area contributed by atoms with Crippen LogP contribution >= 0.6 is 15.9 Å². The SMILES string of the molecule is Cc1ccc(C(O)CCN(C)Cc2ccccc2Br)cc1. The summed E-state index contributed by atoms with van der Waals surface area (Å²) in [6, 6.07) is 16.4. The molecule has 0 heterocycles. The first-order valence-electron chi connectivity index (χ1n) is 7.23. The molecule has 1 unspecified atom stereocenters. The zero-order valence-electron chi connectivity index (χ0n) is 12.6. The summed E-state index contributed by atoms with van der Waals surface area (Å²) in [5.74, 6) is 0. The first-order chi connectivity index (χ1) is 10.1. The second kappa shape index (κ2) is 7.74. The maximum atomic E-state index is 10.2. The summed E-state index contributed by atoms with van der Waals surface area (Å²) in [6.07, 6.45) is 0.344. The van der Waals surface area contributed by atoms with Gasteiger partial charge in [-0.05, 0) is 37.6 Å². The highest BCUT2D eigenvalue weighted by atomic mass is 79.9. The molecule has 0 aromatic heterocycles. The van der Waals surface area contributed by atoms with Gasteiger partial charge in [-0.25, -0.2) is 0 Å². The van der Waals surface area contributed by atoms with Gasteiger partial charge < -0.3 is 10.0 Å². The molecule has 0 fully saturated rings. The van der Waals surface area contributed by atoms with E-state index in [0.29, 0.717) is 0 Å². The van der Waals surface area contributed by atoms with Gasteiger partial charge in [0.25, 0.3) is 0 Å². The van der Waals surface area contributed by atoms with Gasteiger partial charge in [-0.3, -0.25) is 0 Å². The molecule has 0 saturated heterocycles. The highest BCUT2D eigenvalue weighted by Gasteiger charge is 2.10. The van der Waals surface area contributed by atoms with E-state index < -0.39 is 6.10 Å². The first kappa shape index (κ1) is 16.2. The van der Waals surface area contributed by atoms with Crippen molar-refractivity contribution in [3.05, 3.63) is 69.7 Å². The van der Waals surface area contributed by atoms with Crippen LogP contribution in [0.15, 0.2) is 53.0 Å². The van der Waals surface area contributed by atoms with Gasteiger partial charge in [-0.1, -0.05) is 64.0 Å². The number of aryl methyl sites for hydroxylation is 1. The average molecular weight is 348 g/mol. The minimum atomic E-state index is -0.396. The van der Waals surface area contributed by atoms with Crippen LogP contribution in [0.4, 0.5) is 0 Å². The zero-order chi connectivity index (χ0) is 15.2. The Balaban J connectivity index is 1.85. The minimum absolute atomic E-state index is 0.396. The van der Waals surface area contributed by atoms with Crippen molar-refractivity contribution in [2.75, 3.05) is 13.6 Å². The normalized spacial score (nSPS) is 12.6. The molecule has 2 rings (SSSR count). The van der Waals surface area contributed by atoms with Gasteiger partial charge in [-0.15, -0.1) is 0 Å². The van der Waals surface area contributed by atoms with Crippen LogP contribution in [0.3, 0.4) is 0 Å². The third-order valence-corrected chi connectivity index (χ3v) is 4.42. The fraction of sp³-hybridized carbons (Fsp3) is 0.333. The van der Waals surface area contributed by atoms with E-state index in [0.717, 1.165) is 29.5 Å². The smallest absolute Gasteiger partial charge is 0.0802 e. The monoisotopic (exact) mass is 347 g/mol. The number of rotatable bonds is 6. The molecule has 2 aromatic carbocycles. The van der Waals surface area contributed by atoms with Gasteiger partial charge >= 0.3 is 0 Å². The largest absolute Gasteiger partial charge is 0.388 e. The fourth-order valence-electron chi connectivity index (χ4n) is 2.29. The predicted molar refractivity (Wildman–Crippen MR) is 91.2 cm³/mol. The van der Waals surface area contributed by atoms with Crippen LogP contribution in [-0.2, 0) is 6.54 Å². The van der Waals surface area contributed by atoms with Gasteiger partial charge in [-0.2, -0.15) is 0 Å². The Morgan fingerprint density at radius 2 is 1.76 bits per heavy atom. The van der Waals surface area contributed by atoms with Crippen LogP contribution in [0.25, 0.3) is 0 Å². The number of benzene rings is 2. The molecule has 3 heteroatoms. The molecule has 0 radical (unpaired) electrons. The lowest BCUT2D eigenvalue weighted by Gasteiger charge is -2.20. The summed E-state index contributed by atoms with van der Waals surface area (Å²) in [4.78, 5) is 2.23. The van der Waals surface area contributed by atoms with Crippen LogP contribution in [0.1, 0.15) is 29.2 Å². The molecule has 0 aliphatic heterocycles. The van der Waals surface area contributed by atoms with E-state index in [2.05, 4.69) is 53.0 Å². The molecule has 0 bridgehead atoms. The zero-order valence-corrected chi connectivity index (χ0v) is 14.2. The van der Waals surface area contributed by atoms with Crippen molar-refractivity contribution in [2.24, 2.45) is 0 Å². The predicted octanol–water partition coefficient (Wildman–Crippen LogP) is 4.31. The Morgan fingerprint density at radius 1 is 1.10 bits per heavy atom. The molecule has 1 N–H and O–H groups in total. The highest BCUT2D eigenvalue weighted by molar-refractivity contribution is 9.10. The average Bonchev–Trinajstić information content (AvgIpc) is 2.48. The summed E-state index contributed by atoms with van der Waals surface area (Å²) in [7, 11) is 2.08. The lowest BCUT2D eigenvalue weighted by atomic mass is 10.0. The third-order valence-electron chi connectivity index (χ3n) is 3.64. The Kier molecular flexibility index (Phi) is 5.97. The molecule has 21 heavy (non-hydrogen) atoms. The van der Waals surface area contributed by atoms with E-state index in [1.165, 1.54) is 11.1 Å². The van der Waals surface area contributed by atoms with E-state index in [4.69, 9.17) is 0 Å². The molecule has 0 amide bonds. The summed E-state index contributed by atoms with van der Waals surface area (Å²) in [5.41, 5.74) is 3.48. The van der Waals surface area contributed by atoms with E-state index in [1.54, 1.807) is 0 Å². The van der Waals surface area contributed by atoms with Crippen molar-refractivity contribution in [2.45, 2.75) is 26.0 Å². The second-order valence-corrected chi connectivity index (χ2v) is 6.40. The molecule has 0 aliphatic rings. The van der Waals surface area contributed by atoms with Gasteiger partial charge in [0, 0.05) is 17.6 Å². The molecule has 2 aromatic rings. The molecule has 0 aliphatic carbocycles. The molecule has 0 spiro atoms. The topological polar surface area (TPSA) is 23.5 Å². The van der Waals surface area contributed by atoms with E-state index in [9.17, 15) is 5.11 Å². The van der Waals surface area contributed by atoms with Gasteiger partial charge in [0.05, 0.1) is 6.10 Å². The van der Waals surface area contributed by atoms with Gasteiger partial charge in [0.2, 0.25) is 0 Å². The Bertz CT molecular complexity index is 568. The summed E-state index contributed by atoms with van der Waals surface area (Å²) in [6.45, 7) is 3.79. The van der Waals surface area contributed by atoms with E-state index in [-0.39, 0.29) is 0 Å². The van der Waals surface area contributed by atoms with Crippen LogP contribution < -0.4 is 0 Å². The fourth-order valence-corrected chi connectivity index (χ4v) is 2.70. The van der Waals surface area contributed by atoms with Crippen molar-refractivity contribution in [1.29, 1.82) is 0 Å². The number of hydrogen-bond acceptors (Lipinski definition) is 2. The third kappa shape index (κ3) is 4.95. The molecule has 2 nitrogen and oxygen atoms in total. The van der Waals surface area contributed by atoms with Crippen LogP contribution in [0.2, 0.25) is 0 Å². The van der Waals surface area contributed by atoms with Gasteiger partial charge in [0.15, 0.2) is 0 Å². The number of aliphatic hydroxyl groups excluding tert-OH is 1. The number of aliphatic hydroxyl groups is 1. The Labute approximate surface area is 135 Å². The standard InChI is InChI=1S/C18H22BrNO/c1-14-7-9-15(10-8-14)18(21)11-12-20(2)13-16-5-3-4-6-17(16)19/h3-10,18,21H,11-13H2,1-2H3. The minimum Gasteiger partial charge on any atom is -0.388 e. The molecule has 1 atom stereocenters. The quantitative estimate of drug-likeness (QED) is 0.841. The van der Waals surface area contributed by atoms with Crippen molar-refractivity contribution < 1.29 is 5.11 Å². The molecule has 0 saturated carbocycles. The Morgan fingerprint density at radius 3 is 2.43 bits per heavy atom. The van der Waals surface area contributed by atoms with Crippen molar-refractivity contribution in [3.63, 3.8) is 0 Å².